The fourth-order valence-electron chi connectivity index (χ4n) is 6.91. The van der Waals surface area contributed by atoms with Gasteiger partial charge in [-0.05, 0) is 56.2 Å². The van der Waals surface area contributed by atoms with Gasteiger partial charge in [-0.2, -0.15) is 0 Å². The molecule has 6 rings (SSSR count). The van der Waals surface area contributed by atoms with E-state index in [0.717, 1.165) is 5.56 Å². The van der Waals surface area contributed by atoms with Crippen LogP contribution in [-0.2, 0) is 26.5 Å². The van der Waals surface area contributed by atoms with E-state index in [-0.39, 0.29) is 31.4 Å². The summed E-state index contributed by atoms with van der Waals surface area (Å²) < 4.78 is 12.4. The molecular weight excluding hydrogens is 508 g/mol. The van der Waals surface area contributed by atoms with Gasteiger partial charge in [0.2, 0.25) is 0 Å². The maximum atomic E-state index is 14.5. The number of hydrogen-bond donors (Lipinski definition) is 2. The van der Waals surface area contributed by atoms with Crippen molar-refractivity contribution in [3.8, 4) is 5.75 Å². The van der Waals surface area contributed by atoms with E-state index in [2.05, 4.69) is 0 Å². The van der Waals surface area contributed by atoms with Crippen LogP contribution in [-0.4, -0.2) is 46.9 Å². The van der Waals surface area contributed by atoms with E-state index in [1.807, 2.05) is 79.7 Å². The van der Waals surface area contributed by atoms with Gasteiger partial charge in [0.25, 0.3) is 11.8 Å². The number of amides is 2. The van der Waals surface area contributed by atoms with Crippen LogP contribution in [0.4, 0.5) is 17.1 Å². The van der Waals surface area contributed by atoms with Gasteiger partial charge in [-0.15, -0.1) is 0 Å². The van der Waals surface area contributed by atoms with E-state index < -0.39 is 29.1 Å². The first-order valence-electron chi connectivity index (χ1n) is 13.7. The second kappa shape index (κ2) is 9.73. The highest BCUT2D eigenvalue weighted by Gasteiger charge is 2.65. The molecule has 0 unspecified atom stereocenters. The molecule has 2 N–H and O–H groups in total. The predicted molar refractivity (Wildman–Crippen MR) is 150 cm³/mol. The van der Waals surface area contributed by atoms with Gasteiger partial charge in [0.15, 0.2) is 12.2 Å². The lowest BCUT2D eigenvalue weighted by Gasteiger charge is -2.34. The van der Waals surface area contributed by atoms with Crippen LogP contribution in [0, 0.1) is 11.8 Å². The largest absolute Gasteiger partial charge is 0.482 e. The van der Waals surface area contributed by atoms with E-state index in [1.54, 1.807) is 23.6 Å². The zero-order chi connectivity index (χ0) is 28.2. The van der Waals surface area contributed by atoms with Gasteiger partial charge in [-0.25, -0.2) is 0 Å². The first-order chi connectivity index (χ1) is 19.2. The fraction of sp³-hybridized carbons (Fsp3) is 0.375. The van der Waals surface area contributed by atoms with Crippen molar-refractivity contribution >= 4 is 28.9 Å². The number of nitrogens with zero attached hydrogens (tertiary/aromatic N) is 2. The molecule has 0 radical (unpaired) electrons. The molecule has 3 aromatic rings. The maximum Gasteiger partial charge on any atom is 0.269 e. The summed E-state index contributed by atoms with van der Waals surface area (Å²) in [6, 6.07) is 22.7. The summed E-state index contributed by atoms with van der Waals surface area (Å²) in [4.78, 5) is 31.0. The number of benzene rings is 3. The first kappa shape index (κ1) is 26.5. The van der Waals surface area contributed by atoms with Crippen LogP contribution in [0.15, 0.2) is 72.8 Å². The van der Waals surface area contributed by atoms with Crippen molar-refractivity contribution in [1.29, 1.82) is 0 Å². The van der Waals surface area contributed by atoms with E-state index in [1.165, 1.54) is 0 Å². The molecule has 3 heterocycles. The average Bonchev–Trinajstić information content (AvgIpc) is 3.36. The molecule has 0 bridgehead atoms. The van der Waals surface area contributed by atoms with E-state index in [0.29, 0.717) is 34.9 Å². The van der Waals surface area contributed by atoms with Crippen molar-refractivity contribution in [3.63, 3.8) is 0 Å². The average molecular weight is 543 g/mol. The summed E-state index contributed by atoms with van der Waals surface area (Å²) in [6.07, 6.45) is -0.250. The molecule has 8 heteroatoms. The minimum atomic E-state index is -1.39. The molecule has 3 aromatic carbocycles. The Morgan fingerprint density at radius 2 is 1.73 bits per heavy atom. The molecule has 0 aliphatic carbocycles. The number of carbonyl (C=O) groups excluding carboxylic acids is 2. The van der Waals surface area contributed by atoms with Crippen LogP contribution in [0.25, 0.3) is 0 Å². The second-order valence-corrected chi connectivity index (χ2v) is 11.4. The van der Waals surface area contributed by atoms with Gasteiger partial charge >= 0.3 is 0 Å². The van der Waals surface area contributed by atoms with Gasteiger partial charge in [0, 0.05) is 29.7 Å². The lowest BCUT2D eigenvalue weighted by atomic mass is 9.71. The highest BCUT2D eigenvalue weighted by molar-refractivity contribution is 6.09. The second-order valence-electron chi connectivity index (χ2n) is 11.4. The van der Waals surface area contributed by atoms with Crippen molar-refractivity contribution < 1.29 is 29.3 Å². The summed E-state index contributed by atoms with van der Waals surface area (Å²) in [5, 5.41) is 21.1. The number of aliphatic hydroxyl groups is 2. The maximum absolute atomic E-state index is 14.5. The molecule has 208 valence electrons. The van der Waals surface area contributed by atoms with Crippen molar-refractivity contribution in [1.82, 2.24) is 0 Å². The topological polar surface area (TPSA) is 99.5 Å². The number of ether oxygens (including phenoxy) is 2. The number of carbonyl (C=O) groups is 2. The van der Waals surface area contributed by atoms with Gasteiger partial charge in [-0.1, -0.05) is 49.4 Å². The zero-order valence-corrected chi connectivity index (χ0v) is 22.9. The van der Waals surface area contributed by atoms with Crippen LogP contribution < -0.4 is 14.5 Å². The molecule has 40 heavy (non-hydrogen) atoms. The monoisotopic (exact) mass is 542 g/mol. The number of hydrogen-bond acceptors (Lipinski definition) is 6. The van der Waals surface area contributed by atoms with Gasteiger partial charge in [-0.3, -0.25) is 14.5 Å². The third-order valence-corrected chi connectivity index (χ3v) is 8.53. The van der Waals surface area contributed by atoms with Crippen LogP contribution in [0.1, 0.15) is 38.3 Å². The fourth-order valence-corrected chi connectivity index (χ4v) is 6.91. The van der Waals surface area contributed by atoms with Gasteiger partial charge in [0.1, 0.15) is 5.75 Å². The van der Waals surface area contributed by atoms with Crippen LogP contribution in [0.5, 0.6) is 5.75 Å². The van der Waals surface area contributed by atoms with Gasteiger partial charge < -0.3 is 24.6 Å². The van der Waals surface area contributed by atoms with Crippen LogP contribution in [0.2, 0.25) is 0 Å². The van der Waals surface area contributed by atoms with Crippen LogP contribution >= 0.6 is 0 Å². The molecule has 1 spiro atoms. The third-order valence-electron chi connectivity index (χ3n) is 8.53. The minimum absolute atomic E-state index is 0.0927. The predicted octanol–water partition coefficient (Wildman–Crippen LogP) is 4.29. The highest BCUT2D eigenvalue weighted by Crippen LogP contribution is 2.58. The molecule has 3 aliphatic rings. The normalized spacial score (nSPS) is 25.8. The molecule has 4 atom stereocenters. The van der Waals surface area contributed by atoms with Crippen molar-refractivity contribution in [3.05, 3.63) is 83.9 Å². The summed E-state index contributed by atoms with van der Waals surface area (Å²) in [5.41, 5.74) is 1.02. The molecule has 0 saturated carbocycles. The van der Waals surface area contributed by atoms with E-state index >= 15 is 0 Å². The SMILES string of the molecule is C[C@@H]1[C@@H](C(C)(C)O)[C@H](CCO)O[C@@]12C(=O)N(Cc1ccccc1)c1ccc(N3C(=O)COc4ccccc43)cc12. The molecule has 3 aliphatic heterocycles. The lowest BCUT2D eigenvalue weighted by Crippen LogP contribution is -2.46. The Bertz CT molecular complexity index is 1450. The number of aliphatic hydroxyl groups excluding tert-OH is 1. The quantitative estimate of drug-likeness (QED) is 0.482. The Morgan fingerprint density at radius 1 is 1.00 bits per heavy atom. The molecule has 8 nitrogen and oxygen atoms in total. The number of anilines is 3. The smallest absolute Gasteiger partial charge is 0.269 e. The zero-order valence-electron chi connectivity index (χ0n) is 22.9. The summed E-state index contributed by atoms with van der Waals surface area (Å²) in [6.45, 7) is 5.51. The Kier molecular flexibility index (Phi) is 6.45. The third kappa shape index (κ3) is 4.01. The van der Waals surface area contributed by atoms with Crippen molar-refractivity contribution in [2.75, 3.05) is 23.0 Å². The van der Waals surface area contributed by atoms with Crippen molar-refractivity contribution in [2.45, 2.75) is 51.0 Å². The summed E-state index contributed by atoms with van der Waals surface area (Å²) >= 11 is 0. The number of fused-ring (bicyclic) bond motifs is 3. The molecule has 2 amide bonds. The van der Waals surface area contributed by atoms with E-state index in [9.17, 15) is 19.8 Å². The highest BCUT2D eigenvalue weighted by atomic mass is 16.5. The molecule has 1 fully saturated rings. The minimum Gasteiger partial charge on any atom is -0.482 e. The summed E-state index contributed by atoms with van der Waals surface area (Å²) in [5.74, 6) is -0.651. The molecule has 1 saturated heterocycles. The Hall–Kier alpha value is -3.72. The Balaban J connectivity index is 1.52. The van der Waals surface area contributed by atoms with E-state index in [4.69, 9.17) is 9.47 Å². The van der Waals surface area contributed by atoms with Crippen LogP contribution in [0.3, 0.4) is 0 Å². The Labute approximate surface area is 233 Å². The number of para-hydroxylation sites is 2. The molecular formula is C32H34N2O6. The Morgan fingerprint density at radius 3 is 2.45 bits per heavy atom. The number of rotatable bonds is 6. The van der Waals surface area contributed by atoms with Gasteiger partial charge in [0.05, 0.1) is 29.6 Å². The first-order valence-corrected chi connectivity index (χ1v) is 13.7. The summed E-state index contributed by atoms with van der Waals surface area (Å²) in [7, 11) is 0. The standard InChI is InChI=1S/C32H34N2O6/c1-20-29(31(2,3)38)27(15-16-35)40-32(20)23-17-22(34-25-11-7-8-12-26(25)39-19-28(34)36)13-14-24(23)33(30(32)37)18-21-9-5-4-6-10-21/h4-14,17,20,27,29,35,38H,15-16,18-19H2,1-3H3/t20-,27+,29-,32+/m1/s1. The van der Waals surface area contributed by atoms with Crippen molar-refractivity contribution in [2.24, 2.45) is 11.8 Å². The molecule has 0 aromatic heterocycles. The lowest BCUT2D eigenvalue weighted by molar-refractivity contribution is -0.146.